The molecular formula is C69H132O6. The lowest BCUT2D eigenvalue weighted by Gasteiger charge is -2.18. The Morgan fingerprint density at radius 1 is 0.253 bits per heavy atom. The molecule has 0 rings (SSSR count). The van der Waals surface area contributed by atoms with Crippen molar-refractivity contribution in [2.24, 2.45) is 0 Å². The highest BCUT2D eigenvalue weighted by molar-refractivity contribution is 5.71. The maximum atomic E-state index is 12.9. The van der Waals surface area contributed by atoms with Crippen molar-refractivity contribution in [3.8, 4) is 0 Å². The van der Waals surface area contributed by atoms with Gasteiger partial charge in [0.1, 0.15) is 13.2 Å². The molecule has 0 aromatic heterocycles. The molecule has 0 N–H and O–H groups in total. The fraction of sp³-hybridized carbons (Fsp3) is 0.928. The molecule has 6 nitrogen and oxygen atoms in total. The summed E-state index contributed by atoms with van der Waals surface area (Å²) in [5.41, 5.74) is 0. The summed E-state index contributed by atoms with van der Waals surface area (Å²) in [4.78, 5) is 38.3. The Kier molecular flexibility index (Phi) is 63.1. The van der Waals surface area contributed by atoms with Crippen molar-refractivity contribution < 1.29 is 28.6 Å². The average Bonchev–Trinajstić information content (AvgIpc) is 3.41. The van der Waals surface area contributed by atoms with E-state index in [0.29, 0.717) is 19.3 Å². The molecule has 75 heavy (non-hydrogen) atoms. The van der Waals surface area contributed by atoms with Gasteiger partial charge in [0.2, 0.25) is 0 Å². The first-order valence-electron chi connectivity index (χ1n) is 34.2. The van der Waals surface area contributed by atoms with Crippen LogP contribution in [-0.4, -0.2) is 37.2 Å². The summed E-state index contributed by atoms with van der Waals surface area (Å²) in [6.07, 6.45) is 76.7. The minimum atomic E-state index is -0.769. The third kappa shape index (κ3) is 62.9. The summed E-state index contributed by atoms with van der Waals surface area (Å²) >= 11 is 0. The molecule has 0 radical (unpaired) electrons. The predicted octanol–water partition coefficient (Wildman–Crippen LogP) is 23.2. The highest BCUT2D eigenvalue weighted by Gasteiger charge is 2.19. The molecule has 0 spiro atoms. The molecule has 444 valence electrons. The second-order valence-corrected chi connectivity index (χ2v) is 23.5. The number of carbonyl (C=O) groups is 3. The van der Waals surface area contributed by atoms with Crippen molar-refractivity contribution in [3.63, 3.8) is 0 Å². The van der Waals surface area contributed by atoms with E-state index in [4.69, 9.17) is 14.2 Å². The van der Waals surface area contributed by atoms with Crippen molar-refractivity contribution in [2.75, 3.05) is 13.2 Å². The Hall–Kier alpha value is -1.85. The molecule has 1 atom stereocenters. The largest absolute Gasteiger partial charge is 0.462 e. The van der Waals surface area contributed by atoms with E-state index in [0.717, 1.165) is 64.2 Å². The predicted molar refractivity (Wildman–Crippen MR) is 326 cm³/mol. The standard InChI is InChI=1S/C69H132O6/c1-4-7-10-13-16-19-22-25-27-29-31-33-34-35-36-38-39-41-44-47-50-53-56-59-62-68(71)74-65-66(64-73-67(70)61-58-55-52-49-46-43-24-21-18-15-12-9-6-3)75-69(72)63-60-57-54-51-48-45-42-40-37-32-30-28-26-23-20-17-14-11-8-5-2/h21,24,66H,4-20,22-23,25-65H2,1-3H3/b24-21-. The van der Waals surface area contributed by atoms with Crippen molar-refractivity contribution in [2.45, 2.75) is 399 Å². The number of unbranched alkanes of at least 4 members (excludes halogenated alkanes) is 51. The van der Waals surface area contributed by atoms with Gasteiger partial charge in [-0.25, -0.2) is 0 Å². The lowest BCUT2D eigenvalue weighted by molar-refractivity contribution is -0.167. The van der Waals surface area contributed by atoms with Gasteiger partial charge in [-0.15, -0.1) is 0 Å². The molecule has 0 aliphatic rings. The Bertz CT molecular complexity index is 1170. The Balaban J connectivity index is 4.21. The first kappa shape index (κ1) is 73.2. The molecule has 0 fully saturated rings. The molecule has 0 bridgehead atoms. The fourth-order valence-electron chi connectivity index (χ4n) is 10.6. The summed E-state index contributed by atoms with van der Waals surface area (Å²) in [6, 6.07) is 0. The number of allylic oxidation sites excluding steroid dienone is 2. The van der Waals surface area contributed by atoms with Crippen molar-refractivity contribution >= 4 is 17.9 Å². The summed E-state index contributed by atoms with van der Waals surface area (Å²) in [5, 5.41) is 0. The smallest absolute Gasteiger partial charge is 0.306 e. The van der Waals surface area contributed by atoms with E-state index in [1.807, 2.05) is 0 Å². The van der Waals surface area contributed by atoms with Crippen molar-refractivity contribution in [1.29, 1.82) is 0 Å². The fourth-order valence-corrected chi connectivity index (χ4v) is 10.6. The number of rotatable bonds is 64. The van der Waals surface area contributed by atoms with Crippen LogP contribution < -0.4 is 0 Å². The van der Waals surface area contributed by atoms with E-state index >= 15 is 0 Å². The zero-order valence-corrected chi connectivity index (χ0v) is 51.1. The number of esters is 3. The van der Waals surface area contributed by atoms with Crippen LogP contribution in [0.4, 0.5) is 0 Å². The monoisotopic (exact) mass is 1060 g/mol. The van der Waals surface area contributed by atoms with Crippen LogP contribution in [0, 0.1) is 0 Å². The maximum absolute atomic E-state index is 12.9. The quantitative estimate of drug-likeness (QED) is 0.0261. The summed E-state index contributed by atoms with van der Waals surface area (Å²) in [5.74, 6) is -0.841. The maximum Gasteiger partial charge on any atom is 0.306 e. The van der Waals surface area contributed by atoms with E-state index in [1.54, 1.807) is 0 Å². The molecule has 1 unspecified atom stereocenters. The van der Waals surface area contributed by atoms with Crippen LogP contribution in [0.3, 0.4) is 0 Å². The van der Waals surface area contributed by atoms with Gasteiger partial charge >= 0.3 is 17.9 Å². The van der Waals surface area contributed by atoms with Crippen LogP contribution in [0.1, 0.15) is 393 Å². The first-order valence-corrected chi connectivity index (χ1v) is 34.2. The third-order valence-electron chi connectivity index (χ3n) is 15.8. The minimum Gasteiger partial charge on any atom is -0.462 e. The third-order valence-corrected chi connectivity index (χ3v) is 15.8. The Labute approximate surface area is 469 Å². The summed E-state index contributed by atoms with van der Waals surface area (Å²) in [6.45, 7) is 6.71. The van der Waals surface area contributed by atoms with Crippen molar-refractivity contribution in [3.05, 3.63) is 12.2 Å². The van der Waals surface area contributed by atoms with Gasteiger partial charge in [-0.1, -0.05) is 341 Å². The number of hydrogen-bond donors (Lipinski definition) is 0. The lowest BCUT2D eigenvalue weighted by Crippen LogP contribution is -2.30. The topological polar surface area (TPSA) is 78.9 Å². The number of carbonyl (C=O) groups excluding carboxylic acids is 3. The summed E-state index contributed by atoms with van der Waals surface area (Å²) < 4.78 is 17.0. The van der Waals surface area contributed by atoms with Crippen LogP contribution in [0.15, 0.2) is 12.2 Å². The second-order valence-electron chi connectivity index (χ2n) is 23.5. The molecular weight excluding hydrogens is 925 g/mol. The summed E-state index contributed by atoms with van der Waals surface area (Å²) in [7, 11) is 0. The normalized spacial score (nSPS) is 12.0. The minimum absolute atomic E-state index is 0.0658. The van der Waals surface area contributed by atoms with Crippen LogP contribution in [-0.2, 0) is 28.6 Å². The second kappa shape index (κ2) is 64.7. The van der Waals surface area contributed by atoms with Gasteiger partial charge in [0.25, 0.3) is 0 Å². The van der Waals surface area contributed by atoms with Gasteiger partial charge in [0, 0.05) is 19.3 Å². The van der Waals surface area contributed by atoms with Crippen LogP contribution in [0.5, 0.6) is 0 Å². The molecule has 0 amide bonds. The van der Waals surface area contributed by atoms with Crippen molar-refractivity contribution in [1.82, 2.24) is 0 Å². The zero-order chi connectivity index (χ0) is 54.3. The number of ether oxygens (including phenoxy) is 3. The molecule has 0 saturated carbocycles. The molecule has 0 saturated heterocycles. The lowest BCUT2D eigenvalue weighted by atomic mass is 10.0. The van der Waals surface area contributed by atoms with Gasteiger partial charge in [-0.3, -0.25) is 14.4 Å². The van der Waals surface area contributed by atoms with Crippen LogP contribution in [0.2, 0.25) is 0 Å². The highest BCUT2D eigenvalue weighted by Crippen LogP contribution is 2.19. The molecule has 6 heteroatoms. The van der Waals surface area contributed by atoms with Gasteiger partial charge in [0.05, 0.1) is 0 Å². The highest BCUT2D eigenvalue weighted by atomic mass is 16.6. The van der Waals surface area contributed by atoms with Crippen LogP contribution >= 0.6 is 0 Å². The first-order chi connectivity index (χ1) is 37.0. The van der Waals surface area contributed by atoms with E-state index in [1.165, 1.54) is 289 Å². The molecule has 0 heterocycles. The molecule has 0 aliphatic heterocycles. The van der Waals surface area contributed by atoms with Gasteiger partial charge in [-0.2, -0.15) is 0 Å². The van der Waals surface area contributed by atoms with Gasteiger partial charge in [-0.05, 0) is 44.9 Å². The molecule has 0 aromatic carbocycles. The average molecular weight is 1060 g/mol. The van der Waals surface area contributed by atoms with E-state index in [-0.39, 0.29) is 31.1 Å². The van der Waals surface area contributed by atoms with E-state index in [2.05, 4.69) is 32.9 Å². The van der Waals surface area contributed by atoms with E-state index in [9.17, 15) is 14.4 Å². The molecule has 0 aliphatic carbocycles. The zero-order valence-electron chi connectivity index (χ0n) is 51.1. The van der Waals surface area contributed by atoms with E-state index < -0.39 is 6.10 Å². The van der Waals surface area contributed by atoms with Crippen LogP contribution in [0.25, 0.3) is 0 Å². The Morgan fingerprint density at radius 2 is 0.440 bits per heavy atom. The van der Waals surface area contributed by atoms with Gasteiger partial charge in [0.15, 0.2) is 6.10 Å². The molecule has 0 aromatic rings. The Morgan fingerprint density at radius 3 is 0.680 bits per heavy atom. The number of hydrogen-bond acceptors (Lipinski definition) is 6. The SMILES string of the molecule is CCCCCC/C=C\CCCCCCCC(=O)OCC(COC(=O)CCCCCCCCCCCCCCCCCCCCCCCCCC)OC(=O)CCCCCCCCCCCCCCCCCCCCCC. The van der Waals surface area contributed by atoms with Gasteiger partial charge < -0.3 is 14.2 Å².